The van der Waals surface area contributed by atoms with Gasteiger partial charge in [0.1, 0.15) is 5.75 Å². The summed E-state index contributed by atoms with van der Waals surface area (Å²) in [6.07, 6.45) is 0. The van der Waals surface area contributed by atoms with Crippen molar-refractivity contribution >= 4 is 17.3 Å². The first-order chi connectivity index (χ1) is 7.89. The lowest BCUT2D eigenvalue weighted by Gasteiger charge is -2.28. The van der Waals surface area contributed by atoms with Crippen LogP contribution in [0.4, 0.5) is 5.69 Å². The molecule has 17 heavy (non-hydrogen) atoms. The predicted molar refractivity (Wildman–Crippen MR) is 61.6 cm³/mol. The molecule has 1 unspecified atom stereocenters. The monoisotopic (exact) mass is 233 g/mol. The Kier molecular flexibility index (Phi) is 2.54. The van der Waals surface area contributed by atoms with Crippen molar-refractivity contribution in [1.29, 1.82) is 0 Å². The Bertz CT molecular complexity index is 529. The van der Waals surface area contributed by atoms with E-state index < -0.39 is 5.60 Å². The fourth-order valence-corrected chi connectivity index (χ4v) is 2.21. The normalized spacial score (nSPS) is 22.6. The molecule has 0 fully saturated rings. The van der Waals surface area contributed by atoms with Crippen molar-refractivity contribution in [2.45, 2.75) is 26.4 Å². The van der Waals surface area contributed by atoms with Gasteiger partial charge < -0.3 is 9.84 Å². The molecule has 2 rings (SSSR count). The summed E-state index contributed by atoms with van der Waals surface area (Å²) < 4.78 is 6.59. The first kappa shape index (κ1) is 11.8. The molecule has 0 spiro atoms. The maximum atomic E-state index is 12.6. The molecular weight excluding hydrogens is 218 g/mol. The van der Waals surface area contributed by atoms with Crippen molar-refractivity contribution in [3.63, 3.8) is 0 Å². The minimum Gasteiger partial charge on any atom is -0.838 e. The third-order valence-electron chi connectivity index (χ3n) is 3.30. The Labute approximate surface area is 100 Å². The van der Waals surface area contributed by atoms with Crippen LogP contribution in [0.15, 0.2) is 18.2 Å². The zero-order valence-corrected chi connectivity index (χ0v) is 10.4. The molecule has 0 saturated heterocycles. The fourth-order valence-electron chi connectivity index (χ4n) is 2.21. The number of fused-ring (bicyclic) bond motifs is 1. The van der Waals surface area contributed by atoms with Gasteiger partial charge in [-0.2, -0.15) is 0 Å². The Morgan fingerprint density at radius 3 is 2.65 bits per heavy atom. The summed E-state index contributed by atoms with van der Waals surface area (Å²) in [5.74, 6) is 0.484. The van der Waals surface area contributed by atoms with E-state index in [1.54, 1.807) is 39.2 Å². The molecule has 0 radical (unpaired) electrons. The zero-order chi connectivity index (χ0) is 12.8. The summed E-state index contributed by atoms with van der Waals surface area (Å²) in [6.45, 7) is 4.73. The second-order valence-corrected chi connectivity index (χ2v) is 4.36. The smallest absolute Gasteiger partial charge is 0.389 e. The van der Waals surface area contributed by atoms with E-state index in [0.29, 0.717) is 22.7 Å². The number of nitrogens with zero attached hydrogens (tertiary/aromatic N) is 1. The van der Waals surface area contributed by atoms with Crippen LogP contribution in [0, 0.1) is 0 Å². The van der Waals surface area contributed by atoms with Crippen molar-refractivity contribution in [1.82, 2.24) is 0 Å². The van der Waals surface area contributed by atoms with Crippen LogP contribution < -0.4 is 9.84 Å². The van der Waals surface area contributed by atoms with Crippen molar-refractivity contribution in [2.75, 3.05) is 7.11 Å². The quantitative estimate of drug-likeness (QED) is 0.678. The third kappa shape index (κ3) is 1.56. The van der Waals surface area contributed by atoms with Gasteiger partial charge >= 0.3 is 5.91 Å². The molecule has 4 heteroatoms. The molecule has 1 aliphatic rings. The summed E-state index contributed by atoms with van der Waals surface area (Å²) in [6, 6.07) is 5.21. The molecule has 1 heterocycles. The first-order valence-corrected chi connectivity index (χ1v) is 5.43. The molecule has 0 bridgehead atoms. The van der Waals surface area contributed by atoms with E-state index >= 15 is 0 Å². The van der Waals surface area contributed by atoms with Crippen LogP contribution in [0.1, 0.15) is 26.3 Å². The topological polar surface area (TPSA) is 52.4 Å². The van der Waals surface area contributed by atoms with Gasteiger partial charge in [0.15, 0.2) is 5.71 Å². The molecule has 1 aromatic rings. The summed E-state index contributed by atoms with van der Waals surface area (Å²) in [5, 5.41) is 12.6. The number of hydrogen-bond acceptors (Lipinski definition) is 3. The molecule has 0 N–H and O–H groups in total. The molecule has 1 aromatic carbocycles. The van der Waals surface area contributed by atoms with Gasteiger partial charge in [-0.25, -0.2) is 4.79 Å². The molecule has 90 valence electrons. The van der Waals surface area contributed by atoms with Crippen LogP contribution in [0.25, 0.3) is 0 Å². The summed E-state index contributed by atoms with van der Waals surface area (Å²) in [5.41, 5.74) is 0.376. The molecule has 0 aromatic heterocycles. The number of hydrogen-bond donors (Lipinski definition) is 0. The van der Waals surface area contributed by atoms with E-state index in [-0.39, 0.29) is 5.91 Å². The fraction of sp³-hybridized carbons (Fsp3) is 0.385. The second-order valence-electron chi connectivity index (χ2n) is 4.36. The van der Waals surface area contributed by atoms with Crippen LogP contribution in [0.3, 0.4) is 0 Å². The van der Waals surface area contributed by atoms with Crippen molar-refractivity contribution in [3.05, 3.63) is 23.8 Å². The average molecular weight is 233 g/mol. The average Bonchev–Trinajstić information content (AvgIpc) is 2.47. The lowest BCUT2D eigenvalue weighted by Crippen LogP contribution is -2.43. The Hall–Kier alpha value is -1.68. The van der Waals surface area contributed by atoms with E-state index in [0.717, 1.165) is 0 Å². The van der Waals surface area contributed by atoms with Crippen LogP contribution >= 0.6 is 0 Å². The van der Waals surface area contributed by atoms with Crippen molar-refractivity contribution in [2.24, 2.45) is 0 Å². The highest BCUT2D eigenvalue weighted by molar-refractivity contribution is 5.96. The number of amides is 1. The van der Waals surface area contributed by atoms with Gasteiger partial charge in [-0.1, -0.05) is 6.92 Å². The van der Waals surface area contributed by atoms with E-state index in [1.165, 1.54) is 11.5 Å². The zero-order valence-electron chi connectivity index (χ0n) is 10.4. The Morgan fingerprint density at radius 2 is 2.12 bits per heavy atom. The maximum absolute atomic E-state index is 12.6. The van der Waals surface area contributed by atoms with Gasteiger partial charge in [0.2, 0.25) is 5.69 Å². The van der Waals surface area contributed by atoms with Crippen LogP contribution in [-0.2, 0) is 10.4 Å². The number of methoxy groups -OCH3 is 1. The van der Waals surface area contributed by atoms with E-state index in [9.17, 15) is 9.90 Å². The van der Waals surface area contributed by atoms with Crippen LogP contribution in [-0.4, -0.2) is 23.3 Å². The van der Waals surface area contributed by atoms with Gasteiger partial charge in [-0.15, -0.1) is 4.58 Å². The van der Waals surface area contributed by atoms with Crippen LogP contribution in [0.2, 0.25) is 0 Å². The SMILES string of the molecule is COc1ccc2c(c1)C(C)([O-])C(C)=[N+]2C(C)=O. The number of benzene rings is 1. The predicted octanol–water partition coefficient (Wildman–Crippen LogP) is 0.936. The molecule has 1 amide bonds. The van der Waals surface area contributed by atoms with E-state index in [4.69, 9.17) is 4.74 Å². The molecule has 4 nitrogen and oxygen atoms in total. The van der Waals surface area contributed by atoms with E-state index in [1.807, 2.05) is 0 Å². The number of carbonyl (C=O) groups is 1. The minimum atomic E-state index is -1.38. The summed E-state index contributed by atoms with van der Waals surface area (Å²) in [4.78, 5) is 11.6. The molecule has 0 saturated carbocycles. The highest BCUT2D eigenvalue weighted by Crippen LogP contribution is 2.38. The Balaban J connectivity index is 2.70. The van der Waals surface area contributed by atoms with Gasteiger partial charge in [0, 0.05) is 24.2 Å². The van der Waals surface area contributed by atoms with Gasteiger partial charge in [-0.3, -0.25) is 0 Å². The lowest BCUT2D eigenvalue weighted by molar-refractivity contribution is -0.460. The Morgan fingerprint density at radius 1 is 1.47 bits per heavy atom. The maximum Gasteiger partial charge on any atom is 0.389 e. The number of rotatable bonds is 1. The van der Waals surface area contributed by atoms with Crippen molar-refractivity contribution in [3.8, 4) is 5.75 Å². The second kappa shape index (κ2) is 3.67. The standard InChI is InChI=1S/C13H15NO3/c1-8-13(3,16)11-7-10(17-4)5-6-12(11)14(8)9(2)15/h5-7H,1-4H3. The number of carbonyl (C=O) groups excluding carboxylic acids is 1. The highest BCUT2D eigenvalue weighted by atomic mass is 16.5. The third-order valence-corrected chi connectivity index (χ3v) is 3.30. The molecule has 1 aliphatic heterocycles. The van der Waals surface area contributed by atoms with Gasteiger partial charge in [0.25, 0.3) is 0 Å². The summed E-state index contributed by atoms with van der Waals surface area (Å²) in [7, 11) is 1.55. The van der Waals surface area contributed by atoms with E-state index in [2.05, 4.69) is 0 Å². The largest absolute Gasteiger partial charge is 0.838 e. The van der Waals surface area contributed by atoms with Gasteiger partial charge in [-0.05, 0) is 12.1 Å². The minimum absolute atomic E-state index is 0.145. The lowest BCUT2D eigenvalue weighted by atomic mass is 9.93. The molecular formula is C13H15NO3. The summed E-state index contributed by atoms with van der Waals surface area (Å²) >= 11 is 0. The highest BCUT2D eigenvalue weighted by Gasteiger charge is 2.40. The first-order valence-electron chi connectivity index (χ1n) is 5.43. The van der Waals surface area contributed by atoms with Gasteiger partial charge in [0.05, 0.1) is 14.0 Å². The van der Waals surface area contributed by atoms with Crippen LogP contribution in [0.5, 0.6) is 5.75 Å². The molecule has 0 aliphatic carbocycles. The number of ether oxygens (including phenoxy) is 1. The van der Waals surface area contributed by atoms with Crippen molar-refractivity contribution < 1.29 is 19.2 Å². The molecule has 1 atom stereocenters.